The van der Waals surface area contributed by atoms with Crippen LogP contribution in [0.4, 0.5) is 0 Å². The first-order valence-electron chi connectivity index (χ1n) is 8.29. The molecule has 1 aliphatic rings. The first-order chi connectivity index (χ1) is 11.6. The van der Waals surface area contributed by atoms with Crippen LogP contribution in [0.5, 0.6) is 0 Å². The fourth-order valence-electron chi connectivity index (χ4n) is 3.58. The Morgan fingerprint density at radius 3 is 2.75 bits per heavy atom. The van der Waals surface area contributed by atoms with Crippen molar-refractivity contribution in [1.82, 2.24) is 9.55 Å². The van der Waals surface area contributed by atoms with E-state index in [9.17, 15) is 4.79 Å². The normalized spacial score (nSPS) is 17.2. The number of fused-ring (bicyclic) bond motifs is 3. The number of thioether (sulfide) groups is 1. The van der Waals surface area contributed by atoms with Crippen LogP contribution in [0.3, 0.4) is 0 Å². The summed E-state index contributed by atoms with van der Waals surface area (Å²) in [6.45, 7) is 4.29. The van der Waals surface area contributed by atoms with Gasteiger partial charge in [-0.3, -0.25) is 9.36 Å². The summed E-state index contributed by atoms with van der Waals surface area (Å²) in [5.41, 5.74) is 3.42. The van der Waals surface area contributed by atoms with E-state index in [0.29, 0.717) is 5.92 Å². The van der Waals surface area contributed by atoms with Crippen molar-refractivity contribution in [3.63, 3.8) is 0 Å². The molecular formula is C19H20N2OS2. The van der Waals surface area contributed by atoms with Gasteiger partial charge in [-0.05, 0) is 56.1 Å². The van der Waals surface area contributed by atoms with E-state index in [4.69, 9.17) is 4.98 Å². The van der Waals surface area contributed by atoms with Gasteiger partial charge in [-0.25, -0.2) is 4.98 Å². The highest BCUT2D eigenvalue weighted by Crippen LogP contribution is 2.40. The number of aryl methyl sites for hydroxylation is 2. The van der Waals surface area contributed by atoms with Crippen molar-refractivity contribution in [2.75, 3.05) is 6.26 Å². The summed E-state index contributed by atoms with van der Waals surface area (Å²) in [6, 6.07) is 8.10. The summed E-state index contributed by atoms with van der Waals surface area (Å²) in [6.07, 6.45) is 5.43. The summed E-state index contributed by atoms with van der Waals surface area (Å²) in [5.74, 6) is 0.448. The first-order valence-corrected chi connectivity index (χ1v) is 10.3. The topological polar surface area (TPSA) is 34.9 Å². The molecule has 0 unspecified atom stereocenters. The third-order valence-electron chi connectivity index (χ3n) is 4.82. The van der Waals surface area contributed by atoms with Crippen LogP contribution in [0.25, 0.3) is 15.9 Å². The van der Waals surface area contributed by atoms with E-state index in [0.717, 1.165) is 33.9 Å². The van der Waals surface area contributed by atoms with E-state index in [2.05, 4.69) is 13.8 Å². The minimum Gasteiger partial charge on any atom is -0.268 e. The summed E-state index contributed by atoms with van der Waals surface area (Å²) < 4.78 is 1.78. The maximum absolute atomic E-state index is 13.4. The molecule has 1 aliphatic carbocycles. The zero-order valence-corrected chi connectivity index (χ0v) is 15.8. The van der Waals surface area contributed by atoms with Crippen LogP contribution in [0.1, 0.15) is 41.7 Å². The molecule has 24 heavy (non-hydrogen) atoms. The van der Waals surface area contributed by atoms with Gasteiger partial charge in [0.1, 0.15) is 4.83 Å². The Morgan fingerprint density at radius 1 is 1.29 bits per heavy atom. The number of thiophene rings is 1. The Bertz CT molecular complexity index is 970. The molecule has 0 aliphatic heterocycles. The number of aromatic nitrogens is 2. The highest BCUT2D eigenvalue weighted by Gasteiger charge is 2.26. The van der Waals surface area contributed by atoms with Crippen molar-refractivity contribution in [3.05, 3.63) is 50.6 Å². The minimum absolute atomic E-state index is 0.0828. The van der Waals surface area contributed by atoms with E-state index >= 15 is 0 Å². The standard InChI is InChI=1S/C19H20N2OS2/c1-11-7-9-13(10-8-11)21-18(22)16-15-12(2)5-4-6-14(15)24-17(16)20-19(21)23-3/h7-10,12H,4-6H2,1-3H3/t12-/m1/s1. The fourth-order valence-corrected chi connectivity index (χ4v) is 5.51. The van der Waals surface area contributed by atoms with Crippen LogP contribution in [0.2, 0.25) is 0 Å². The van der Waals surface area contributed by atoms with Crippen molar-refractivity contribution >= 4 is 33.3 Å². The van der Waals surface area contributed by atoms with Gasteiger partial charge in [0.05, 0.1) is 11.1 Å². The molecule has 2 aromatic heterocycles. The molecule has 0 saturated carbocycles. The smallest absolute Gasteiger partial charge is 0.267 e. The number of rotatable bonds is 2. The average Bonchev–Trinajstić information content (AvgIpc) is 2.96. The fraction of sp³-hybridized carbons (Fsp3) is 0.368. The second-order valence-electron chi connectivity index (χ2n) is 6.49. The molecule has 1 atom stereocenters. The molecule has 0 fully saturated rings. The molecule has 3 aromatic rings. The van der Waals surface area contributed by atoms with Crippen LogP contribution < -0.4 is 5.56 Å². The number of hydrogen-bond donors (Lipinski definition) is 0. The van der Waals surface area contributed by atoms with Gasteiger partial charge in [0.25, 0.3) is 5.56 Å². The zero-order chi connectivity index (χ0) is 16.8. The largest absolute Gasteiger partial charge is 0.268 e. The molecule has 3 nitrogen and oxygen atoms in total. The van der Waals surface area contributed by atoms with Crippen molar-refractivity contribution in [3.8, 4) is 5.69 Å². The Morgan fingerprint density at radius 2 is 2.04 bits per heavy atom. The molecule has 0 N–H and O–H groups in total. The van der Waals surface area contributed by atoms with E-state index in [1.54, 1.807) is 15.9 Å². The molecule has 0 spiro atoms. The van der Waals surface area contributed by atoms with Gasteiger partial charge in [0, 0.05) is 4.88 Å². The molecule has 0 saturated heterocycles. The van der Waals surface area contributed by atoms with Crippen LogP contribution >= 0.6 is 23.1 Å². The van der Waals surface area contributed by atoms with Crippen LogP contribution in [-0.2, 0) is 6.42 Å². The second kappa shape index (κ2) is 6.05. The quantitative estimate of drug-likeness (QED) is 0.483. The molecule has 0 amide bonds. The van der Waals surface area contributed by atoms with Gasteiger partial charge in [-0.15, -0.1) is 11.3 Å². The molecule has 124 valence electrons. The Hall–Kier alpha value is -1.59. The number of benzene rings is 1. The van der Waals surface area contributed by atoms with E-state index in [1.165, 1.54) is 34.2 Å². The van der Waals surface area contributed by atoms with Crippen molar-refractivity contribution < 1.29 is 0 Å². The summed E-state index contributed by atoms with van der Waals surface area (Å²) in [5, 5.41) is 1.61. The highest BCUT2D eigenvalue weighted by atomic mass is 32.2. The van der Waals surface area contributed by atoms with E-state index in [1.807, 2.05) is 30.5 Å². The van der Waals surface area contributed by atoms with Gasteiger partial charge in [-0.2, -0.15) is 0 Å². The van der Waals surface area contributed by atoms with Crippen molar-refractivity contribution in [2.45, 2.75) is 44.2 Å². The Kier molecular flexibility index (Phi) is 4.01. The summed E-state index contributed by atoms with van der Waals surface area (Å²) in [7, 11) is 0. The minimum atomic E-state index is 0.0828. The molecular weight excluding hydrogens is 336 g/mol. The molecule has 0 radical (unpaired) electrons. The number of hydrogen-bond acceptors (Lipinski definition) is 4. The molecule has 5 heteroatoms. The molecule has 4 rings (SSSR count). The van der Waals surface area contributed by atoms with Gasteiger partial charge >= 0.3 is 0 Å². The lowest BCUT2D eigenvalue weighted by molar-refractivity contribution is 0.601. The van der Waals surface area contributed by atoms with Gasteiger partial charge < -0.3 is 0 Å². The van der Waals surface area contributed by atoms with E-state index < -0.39 is 0 Å². The zero-order valence-electron chi connectivity index (χ0n) is 14.1. The predicted octanol–water partition coefficient (Wildman–Crippen LogP) is 4.92. The Labute approximate surface area is 149 Å². The van der Waals surface area contributed by atoms with Gasteiger partial charge in [0.2, 0.25) is 0 Å². The maximum atomic E-state index is 13.4. The van der Waals surface area contributed by atoms with Crippen molar-refractivity contribution in [1.29, 1.82) is 0 Å². The highest BCUT2D eigenvalue weighted by molar-refractivity contribution is 7.98. The lowest BCUT2D eigenvalue weighted by Gasteiger charge is -2.18. The SMILES string of the molecule is CSc1nc2sc3c(c2c(=O)n1-c1ccc(C)cc1)[C@H](C)CCC3. The van der Waals surface area contributed by atoms with Crippen LogP contribution in [0.15, 0.2) is 34.2 Å². The number of nitrogens with zero attached hydrogens (tertiary/aromatic N) is 2. The Balaban J connectivity index is 2.06. The average molecular weight is 357 g/mol. The lowest BCUT2D eigenvalue weighted by Crippen LogP contribution is -2.22. The third-order valence-corrected chi connectivity index (χ3v) is 6.62. The van der Waals surface area contributed by atoms with Gasteiger partial charge in [-0.1, -0.05) is 36.4 Å². The predicted molar refractivity (Wildman–Crippen MR) is 103 cm³/mol. The monoisotopic (exact) mass is 356 g/mol. The second-order valence-corrected chi connectivity index (χ2v) is 8.34. The maximum Gasteiger partial charge on any atom is 0.267 e. The van der Waals surface area contributed by atoms with Crippen LogP contribution in [-0.4, -0.2) is 15.8 Å². The third kappa shape index (κ3) is 2.42. The molecule has 1 aromatic carbocycles. The molecule has 0 bridgehead atoms. The van der Waals surface area contributed by atoms with Crippen molar-refractivity contribution in [2.24, 2.45) is 0 Å². The van der Waals surface area contributed by atoms with E-state index in [-0.39, 0.29) is 5.56 Å². The lowest BCUT2D eigenvalue weighted by atomic mass is 9.88. The molecule has 2 heterocycles. The first kappa shape index (κ1) is 15.9. The van der Waals surface area contributed by atoms with Crippen LogP contribution in [0, 0.1) is 6.92 Å². The van der Waals surface area contributed by atoms with Gasteiger partial charge in [0.15, 0.2) is 5.16 Å². The summed E-state index contributed by atoms with van der Waals surface area (Å²) >= 11 is 3.24. The summed E-state index contributed by atoms with van der Waals surface area (Å²) in [4.78, 5) is 20.5.